The van der Waals surface area contributed by atoms with Crippen LogP contribution in [0.15, 0.2) is 42.7 Å². The highest BCUT2D eigenvalue weighted by atomic mass is 16.1. The van der Waals surface area contributed by atoms with E-state index in [9.17, 15) is 4.79 Å². The number of carbonyl (C=O) groups excluding carboxylic acids is 1. The van der Waals surface area contributed by atoms with Gasteiger partial charge >= 0.3 is 0 Å². The third-order valence-corrected chi connectivity index (χ3v) is 4.16. The maximum atomic E-state index is 12.4. The van der Waals surface area contributed by atoms with E-state index in [1.807, 2.05) is 45.9 Å². The average Bonchev–Trinajstić information content (AvgIpc) is 2.63. The molecule has 2 heterocycles. The van der Waals surface area contributed by atoms with Gasteiger partial charge in [0, 0.05) is 35.4 Å². The van der Waals surface area contributed by atoms with Gasteiger partial charge in [-0.2, -0.15) is 0 Å². The summed E-state index contributed by atoms with van der Waals surface area (Å²) in [4.78, 5) is 25.4. The third kappa shape index (κ3) is 4.67. The molecular formula is C21H23N5O. The summed E-state index contributed by atoms with van der Waals surface area (Å²) in [6.45, 7) is 8.07. The molecule has 0 aliphatic rings. The Kier molecular flexibility index (Phi) is 5.45. The fourth-order valence-electron chi connectivity index (χ4n) is 3.02. The van der Waals surface area contributed by atoms with Crippen molar-refractivity contribution in [2.75, 3.05) is 17.2 Å². The standard InChI is InChI=1S/C21H23N5O/c1-13-9-14(2)20(15(3)10-13)26-19(27)12-23-18-11-16(4)24-21(25-18)17-5-7-22-8-6-17/h5-11H,12H2,1-4H3,(H,26,27)(H,23,24,25). The maximum absolute atomic E-state index is 12.4. The van der Waals surface area contributed by atoms with Gasteiger partial charge in [0.2, 0.25) is 5.91 Å². The number of aryl methyl sites for hydroxylation is 4. The zero-order chi connectivity index (χ0) is 19.4. The van der Waals surface area contributed by atoms with Crippen LogP contribution < -0.4 is 10.6 Å². The van der Waals surface area contributed by atoms with E-state index in [0.717, 1.165) is 28.1 Å². The normalized spacial score (nSPS) is 10.5. The van der Waals surface area contributed by atoms with Crippen molar-refractivity contribution in [3.05, 3.63) is 65.1 Å². The van der Waals surface area contributed by atoms with Crippen molar-refractivity contribution in [1.29, 1.82) is 0 Å². The van der Waals surface area contributed by atoms with Crippen molar-refractivity contribution in [2.45, 2.75) is 27.7 Å². The second-order valence-electron chi connectivity index (χ2n) is 6.63. The summed E-state index contributed by atoms with van der Waals surface area (Å²) in [6.07, 6.45) is 3.40. The molecule has 3 aromatic rings. The van der Waals surface area contributed by atoms with E-state index in [4.69, 9.17) is 0 Å². The molecule has 1 amide bonds. The van der Waals surface area contributed by atoms with Gasteiger partial charge < -0.3 is 10.6 Å². The van der Waals surface area contributed by atoms with Gasteiger partial charge in [-0.1, -0.05) is 17.7 Å². The van der Waals surface area contributed by atoms with Crippen molar-refractivity contribution < 1.29 is 4.79 Å². The van der Waals surface area contributed by atoms with E-state index >= 15 is 0 Å². The number of nitrogens with one attached hydrogen (secondary N) is 2. The summed E-state index contributed by atoms with van der Waals surface area (Å²) in [6, 6.07) is 9.65. The number of hydrogen-bond acceptors (Lipinski definition) is 5. The molecule has 0 spiro atoms. The molecule has 2 aromatic heterocycles. The van der Waals surface area contributed by atoms with E-state index in [-0.39, 0.29) is 12.5 Å². The fourth-order valence-corrected chi connectivity index (χ4v) is 3.02. The van der Waals surface area contributed by atoms with Crippen LogP contribution in [-0.4, -0.2) is 27.4 Å². The van der Waals surface area contributed by atoms with E-state index in [1.54, 1.807) is 12.4 Å². The lowest BCUT2D eigenvalue weighted by molar-refractivity contribution is -0.114. The first-order chi connectivity index (χ1) is 12.9. The van der Waals surface area contributed by atoms with Crippen LogP contribution in [0.5, 0.6) is 0 Å². The van der Waals surface area contributed by atoms with E-state index in [2.05, 4.69) is 37.7 Å². The van der Waals surface area contributed by atoms with Crippen molar-refractivity contribution in [3.63, 3.8) is 0 Å². The van der Waals surface area contributed by atoms with E-state index < -0.39 is 0 Å². The first kappa shape index (κ1) is 18.5. The van der Waals surface area contributed by atoms with Crippen LogP contribution in [0.2, 0.25) is 0 Å². The second-order valence-corrected chi connectivity index (χ2v) is 6.63. The summed E-state index contributed by atoms with van der Waals surface area (Å²) in [5.74, 6) is 1.10. The van der Waals surface area contributed by atoms with Gasteiger partial charge in [0.25, 0.3) is 0 Å². The first-order valence-corrected chi connectivity index (χ1v) is 8.80. The van der Waals surface area contributed by atoms with Crippen molar-refractivity contribution in [3.8, 4) is 11.4 Å². The van der Waals surface area contributed by atoms with Crippen LogP contribution in [0, 0.1) is 27.7 Å². The van der Waals surface area contributed by atoms with Gasteiger partial charge in [0.15, 0.2) is 5.82 Å². The van der Waals surface area contributed by atoms with Crippen LogP contribution in [0.25, 0.3) is 11.4 Å². The number of hydrogen-bond donors (Lipinski definition) is 2. The van der Waals surface area contributed by atoms with Gasteiger partial charge in [-0.05, 0) is 51.0 Å². The highest BCUT2D eigenvalue weighted by molar-refractivity contribution is 5.95. The molecule has 3 rings (SSSR count). The third-order valence-electron chi connectivity index (χ3n) is 4.16. The Morgan fingerprint density at radius 2 is 1.63 bits per heavy atom. The Hall–Kier alpha value is -3.28. The molecular weight excluding hydrogens is 338 g/mol. The van der Waals surface area contributed by atoms with Gasteiger partial charge in [-0.15, -0.1) is 0 Å². The predicted octanol–water partition coefficient (Wildman–Crippen LogP) is 3.82. The molecule has 6 heteroatoms. The van der Waals surface area contributed by atoms with Crippen LogP contribution in [0.4, 0.5) is 11.5 Å². The smallest absolute Gasteiger partial charge is 0.243 e. The quantitative estimate of drug-likeness (QED) is 0.722. The van der Waals surface area contributed by atoms with E-state index in [0.29, 0.717) is 11.6 Å². The minimum atomic E-state index is -0.119. The Morgan fingerprint density at radius 1 is 0.963 bits per heavy atom. The summed E-state index contributed by atoms with van der Waals surface area (Å²) in [5, 5.41) is 6.07. The summed E-state index contributed by atoms with van der Waals surface area (Å²) in [5.41, 5.74) is 5.86. The van der Waals surface area contributed by atoms with E-state index in [1.165, 1.54) is 5.56 Å². The van der Waals surface area contributed by atoms with Gasteiger partial charge in [-0.25, -0.2) is 9.97 Å². The molecule has 0 bridgehead atoms. The van der Waals surface area contributed by atoms with Gasteiger partial charge in [0.05, 0.1) is 6.54 Å². The summed E-state index contributed by atoms with van der Waals surface area (Å²) in [7, 11) is 0. The molecule has 2 N–H and O–H groups in total. The number of pyridine rings is 1. The molecule has 0 saturated heterocycles. The van der Waals surface area contributed by atoms with Crippen LogP contribution in [-0.2, 0) is 4.79 Å². The molecule has 1 aromatic carbocycles. The van der Waals surface area contributed by atoms with Crippen molar-refractivity contribution in [2.24, 2.45) is 0 Å². The lowest BCUT2D eigenvalue weighted by Crippen LogP contribution is -2.23. The van der Waals surface area contributed by atoms with Crippen LogP contribution >= 0.6 is 0 Å². The minimum Gasteiger partial charge on any atom is -0.361 e. The lowest BCUT2D eigenvalue weighted by Gasteiger charge is -2.13. The van der Waals surface area contributed by atoms with Crippen LogP contribution in [0.3, 0.4) is 0 Å². The SMILES string of the molecule is Cc1cc(C)c(NC(=O)CNc2cc(C)nc(-c3ccncc3)n2)c(C)c1. The summed E-state index contributed by atoms with van der Waals surface area (Å²) >= 11 is 0. The fraction of sp³-hybridized carbons (Fsp3) is 0.238. The molecule has 0 aliphatic carbocycles. The number of amides is 1. The minimum absolute atomic E-state index is 0.119. The number of nitrogens with zero attached hydrogens (tertiary/aromatic N) is 3. The van der Waals surface area contributed by atoms with Crippen LogP contribution in [0.1, 0.15) is 22.4 Å². The van der Waals surface area contributed by atoms with Crippen molar-refractivity contribution >= 4 is 17.4 Å². The molecule has 27 heavy (non-hydrogen) atoms. The van der Waals surface area contributed by atoms with Gasteiger partial charge in [0.1, 0.15) is 5.82 Å². The number of aromatic nitrogens is 3. The second kappa shape index (κ2) is 7.95. The molecule has 0 fully saturated rings. The predicted molar refractivity (Wildman–Crippen MR) is 108 cm³/mol. The van der Waals surface area contributed by atoms with Crippen molar-refractivity contribution in [1.82, 2.24) is 15.0 Å². The van der Waals surface area contributed by atoms with Gasteiger partial charge in [-0.3, -0.25) is 9.78 Å². The Balaban J connectivity index is 1.70. The molecule has 0 saturated carbocycles. The highest BCUT2D eigenvalue weighted by Gasteiger charge is 2.10. The zero-order valence-electron chi connectivity index (χ0n) is 16.0. The molecule has 138 valence electrons. The largest absolute Gasteiger partial charge is 0.361 e. The zero-order valence-corrected chi connectivity index (χ0v) is 16.0. The molecule has 0 aliphatic heterocycles. The number of anilines is 2. The lowest BCUT2D eigenvalue weighted by atomic mass is 10.1. The Labute approximate surface area is 159 Å². The molecule has 0 atom stereocenters. The number of carbonyl (C=O) groups is 1. The Morgan fingerprint density at radius 3 is 2.30 bits per heavy atom. The number of rotatable bonds is 5. The summed E-state index contributed by atoms with van der Waals surface area (Å²) < 4.78 is 0. The Bertz CT molecular complexity index is 947. The average molecular weight is 361 g/mol. The maximum Gasteiger partial charge on any atom is 0.243 e. The topological polar surface area (TPSA) is 79.8 Å². The molecule has 6 nitrogen and oxygen atoms in total. The first-order valence-electron chi connectivity index (χ1n) is 8.80. The monoisotopic (exact) mass is 361 g/mol. The number of benzene rings is 1. The molecule has 0 radical (unpaired) electrons. The molecule has 0 unspecified atom stereocenters. The highest BCUT2D eigenvalue weighted by Crippen LogP contribution is 2.22.